The Morgan fingerprint density at radius 1 is 1.02 bits per heavy atom. The quantitative estimate of drug-likeness (QED) is 0.212. The maximum absolute atomic E-state index is 13.6. The molecule has 12 heteroatoms. The third-order valence-electron chi connectivity index (χ3n) is 7.90. The number of aryl methyl sites for hydroxylation is 1. The number of nitrogens with zero attached hydrogens (tertiary/aromatic N) is 2. The number of alkyl halides is 3. The van der Waals surface area contributed by atoms with Gasteiger partial charge in [-0.25, -0.2) is 8.42 Å². The van der Waals surface area contributed by atoms with Crippen molar-refractivity contribution in [1.29, 1.82) is 0 Å². The Kier molecular flexibility index (Phi) is 8.10. The summed E-state index contributed by atoms with van der Waals surface area (Å²) < 4.78 is 81.1. The number of sulfonamides is 1. The summed E-state index contributed by atoms with van der Waals surface area (Å²) in [6.45, 7) is 9.13. The summed E-state index contributed by atoms with van der Waals surface area (Å²) >= 11 is 0. The number of halogens is 3. The lowest BCUT2D eigenvalue weighted by molar-refractivity contribution is -0.137. The standard InChI is InChI=1S/C32H32F3N3O5S/c1-6-42-18-22-15-21(17-38-27-16-23(32(33,34)35)12-14-26(27)31(4,5)30(38)39)11-13-24(22)25-9-7-8-10-28(25)44(40,41)37-29-19(2)20(3)43-36-29/h7-16H,6,17-18H2,1-5H3,(H,36,37). The largest absolute Gasteiger partial charge is 0.416 e. The van der Waals surface area contributed by atoms with Gasteiger partial charge in [0.15, 0.2) is 5.82 Å². The average molecular weight is 628 g/mol. The molecule has 1 N–H and O–H groups in total. The average Bonchev–Trinajstić information content (AvgIpc) is 3.38. The lowest BCUT2D eigenvalue weighted by atomic mass is 9.86. The van der Waals surface area contributed by atoms with Crippen molar-refractivity contribution in [3.63, 3.8) is 0 Å². The molecule has 0 saturated carbocycles. The molecule has 0 bridgehead atoms. The molecule has 1 aromatic heterocycles. The number of hydrogen-bond donors (Lipinski definition) is 1. The maximum Gasteiger partial charge on any atom is 0.416 e. The summed E-state index contributed by atoms with van der Waals surface area (Å²) in [7, 11) is -4.10. The van der Waals surface area contributed by atoms with Crippen molar-refractivity contribution in [2.75, 3.05) is 16.2 Å². The minimum atomic E-state index is -4.56. The first-order valence-electron chi connectivity index (χ1n) is 13.9. The number of rotatable bonds is 9. The summed E-state index contributed by atoms with van der Waals surface area (Å²) in [5, 5.41) is 3.82. The van der Waals surface area contributed by atoms with Crippen LogP contribution in [0.5, 0.6) is 0 Å². The molecule has 0 aliphatic carbocycles. The first kappa shape index (κ1) is 31.3. The fourth-order valence-electron chi connectivity index (χ4n) is 5.32. The van der Waals surface area contributed by atoms with E-state index in [0.29, 0.717) is 45.7 Å². The van der Waals surface area contributed by atoms with Crippen molar-refractivity contribution in [2.45, 2.75) is 64.3 Å². The van der Waals surface area contributed by atoms with Crippen molar-refractivity contribution in [2.24, 2.45) is 0 Å². The third-order valence-corrected chi connectivity index (χ3v) is 9.29. The molecule has 0 atom stereocenters. The minimum Gasteiger partial charge on any atom is -0.377 e. The van der Waals surface area contributed by atoms with Crippen LogP contribution in [-0.4, -0.2) is 26.1 Å². The number of fused-ring (bicyclic) bond motifs is 1. The van der Waals surface area contributed by atoms with Gasteiger partial charge in [0.25, 0.3) is 10.0 Å². The molecule has 2 heterocycles. The normalized spacial score (nSPS) is 14.6. The number of ether oxygens (including phenoxy) is 1. The molecule has 1 aliphatic rings. The van der Waals surface area contributed by atoms with Crippen LogP contribution in [0.25, 0.3) is 11.1 Å². The molecular weight excluding hydrogens is 595 g/mol. The fourth-order valence-corrected chi connectivity index (χ4v) is 6.60. The number of hydrogen-bond acceptors (Lipinski definition) is 6. The highest BCUT2D eigenvalue weighted by Crippen LogP contribution is 2.45. The fraction of sp³-hybridized carbons (Fsp3) is 0.312. The molecule has 0 radical (unpaired) electrons. The predicted octanol–water partition coefficient (Wildman–Crippen LogP) is 7.14. The minimum absolute atomic E-state index is 0.00984. The third kappa shape index (κ3) is 5.71. The monoisotopic (exact) mass is 627 g/mol. The van der Waals surface area contributed by atoms with Crippen LogP contribution >= 0.6 is 0 Å². The predicted molar refractivity (Wildman–Crippen MR) is 160 cm³/mol. The topological polar surface area (TPSA) is 102 Å². The highest BCUT2D eigenvalue weighted by atomic mass is 32.2. The Balaban J connectivity index is 1.54. The van der Waals surface area contributed by atoms with Crippen LogP contribution < -0.4 is 9.62 Å². The van der Waals surface area contributed by atoms with E-state index in [2.05, 4.69) is 9.88 Å². The lowest BCUT2D eigenvalue weighted by Crippen LogP contribution is -2.35. The van der Waals surface area contributed by atoms with Gasteiger partial charge in [-0.15, -0.1) is 0 Å². The van der Waals surface area contributed by atoms with Gasteiger partial charge in [0.05, 0.1) is 29.0 Å². The highest BCUT2D eigenvalue weighted by molar-refractivity contribution is 7.92. The number of carbonyl (C=O) groups is 1. The second-order valence-electron chi connectivity index (χ2n) is 11.2. The van der Waals surface area contributed by atoms with Gasteiger partial charge < -0.3 is 14.2 Å². The van der Waals surface area contributed by atoms with E-state index >= 15 is 0 Å². The number of benzene rings is 3. The maximum atomic E-state index is 13.6. The van der Waals surface area contributed by atoms with E-state index in [4.69, 9.17) is 9.26 Å². The molecule has 5 rings (SSSR count). The molecule has 8 nitrogen and oxygen atoms in total. The second kappa shape index (κ2) is 11.4. The Labute approximate surface area is 253 Å². The van der Waals surface area contributed by atoms with Crippen LogP contribution in [0.1, 0.15) is 54.3 Å². The van der Waals surface area contributed by atoms with Gasteiger partial charge in [-0.05, 0) is 75.1 Å². The molecule has 0 saturated heterocycles. The van der Waals surface area contributed by atoms with Gasteiger partial charge in [0.2, 0.25) is 5.91 Å². The molecule has 0 unspecified atom stereocenters. The molecule has 232 valence electrons. The Morgan fingerprint density at radius 2 is 1.75 bits per heavy atom. The van der Waals surface area contributed by atoms with Crippen molar-refractivity contribution in [3.05, 3.63) is 94.2 Å². The molecule has 44 heavy (non-hydrogen) atoms. The smallest absolute Gasteiger partial charge is 0.377 e. The molecule has 1 amide bonds. The highest BCUT2D eigenvalue weighted by Gasteiger charge is 2.45. The van der Waals surface area contributed by atoms with Gasteiger partial charge in [0.1, 0.15) is 5.76 Å². The van der Waals surface area contributed by atoms with E-state index in [1.54, 1.807) is 64.1 Å². The first-order valence-corrected chi connectivity index (χ1v) is 15.4. The molecule has 3 aromatic carbocycles. The van der Waals surface area contributed by atoms with Crippen LogP contribution in [0.3, 0.4) is 0 Å². The van der Waals surface area contributed by atoms with Gasteiger partial charge in [0, 0.05) is 23.4 Å². The zero-order chi connectivity index (χ0) is 32.0. The Bertz CT molecular complexity index is 1850. The summed E-state index contributed by atoms with van der Waals surface area (Å²) in [6.07, 6.45) is -4.56. The van der Waals surface area contributed by atoms with Crippen molar-refractivity contribution < 1.29 is 35.6 Å². The Morgan fingerprint density at radius 3 is 2.41 bits per heavy atom. The van der Waals surface area contributed by atoms with Crippen molar-refractivity contribution in [1.82, 2.24) is 5.16 Å². The van der Waals surface area contributed by atoms with Gasteiger partial charge in [-0.1, -0.05) is 47.6 Å². The van der Waals surface area contributed by atoms with E-state index in [9.17, 15) is 26.4 Å². The second-order valence-corrected chi connectivity index (χ2v) is 12.8. The van der Waals surface area contributed by atoms with E-state index in [-0.39, 0.29) is 35.5 Å². The van der Waals surface area contributed by atoms with E-state index in [0.717, 1.165) is 12.1 Å². The number of anilines is 2. The van der Waals surface area contributed by atoms with Gasteiger partial charge in [-0.3, -0.25) is 9.52 Å². The number of carbonyl (C=O) groups excluding carboxylic acids is 1. The number of aromatic nitrogens is 1. The van der Waals surface area contributed by atoms with Crippen LogP contribution in [0.15, 0.2) is 70.1 Å². The molecule has 1 aliphatic heterocycles. The summed E-state index contributed by atoms with van der Waals surface area (Å²) in [4.78, 5) is 14.8. The molecule has 0 fully saturated rings. The van der Waals surface area contributed by atoms with Crippen LogP contribution in [0.4, 0.5) is 24.7 Å². The summed E-state index contributed by atoms with van der Waals surface area (Å²) in [5.74, 6) is 0.264. The van der Waals surface area contributed by atoms with E-state index in [1.807, 2.05) is 6.92 Å². The molecule has 4 aromatic rings. The SMILES string of the molecule is CCOCc1cc(CN2C(=O)C(C)(C)c3ccc(C(F)(F)F)cc32)ccc1-c1ccccc1S(=O)(=O)Nc1noc(C)c1C. The van der Waals surface area contributed by atoms with Gasteiger partial charge >= 0.3 is 6.18 Å². The zero-order valence-corrected chi connectivity index (χ0v) is 25.7. The lowest BCUT2D eigenvalue weighted by Gasteiger charge is -2.22. The molecular formula is C32H32F3N3O5S. The zero-order valence-electron chi connectivity index (χ0n) is 24.9. The Hall–Kier alpha value is -4.16. The van der Waals surface area contributed by atoms with Gasteiger partial charge in [-0.2, -0.15) is 13.2 Å². The molecule has 0 spiro atoms. The van der Waals surface area contributed by atoms with Crippen molar-refractivity contribution in [3.8, 4) is 11.1 Å². The van der Waals surface area contributed by atoms with Crippen LogP contribution in [0.2, 0.25) is 0 Å². The summed E-state index contributed by atoms with van der Waals surface area (Å²) in [6, 6.07) is 15.1. The van der Waals surface area contributed by atoms with Crippen LogP contribution in [0, 0.1) is 13.8 Å². The first-order chi connectivity index (χ1) is 20.6. The van der Waals surface area contributed by atoms with E-state index in [1.165, 1.54) is 17.0 Å². The number of amides is 1. The number of nitrogens with one attached hydrogen (secondary N) is 1. The van der Waals surface area contributed by atoms with E-state index < -0.39 is 27.2 Å². The van der Waals surface area contributed by atoms with Crippen LogP contribution in [-0.2, 0) is 44.3 Å². The van der Waals surface area contributed by atoms with Crippen molar-refractivity contribution >= 4 is 27.4 Å². The summed E-state index contributed by atoms with van der Waals surface area (Å²) in [5.41, 5.74) is 1.76.